The highest BCUT2D eigenvalue weighted by molar-refractivity contribution is 7.89. The molecule has 0 radical (unpaired) electrons. The Morgan fingerprint density at radius 1 is 1.22 bits per heavy atom. The molecule has 1 atom stereocenters. The van der Waals surface area contributed by atoms with Gasteiger partial charge in [-0.15, -0.1) is 0 Å². The van der Waals surface area contributed by atoms with Gasteiger partial charge in [0.05, 0.1) is 11.8 Å². The van der Waals surface area contributed by atoms with Crippen molar-refractivity contribution < 1.29 is 13.2 Å². The summed E-state index contributed by atoms with van der Waals surface area (Å²) in [6.45, 7) is 2.18. The van der Waals surface area contributed by atoms with Gasteiger partial charge in [-0.1, -0.05) is 30.3 Å². The fourth-order valence-electron chi connectivity index (χ4n) is 2.72. The van der Waals surface area contributed by atoms with Crippen LogP contribution >= 0.6 is 0 Å². The van der Waals surface area contributed by atoms with Crippen LogP contribution in [-0.2, 0) is 14.8 Å². The first-order valence-corrected chi connectivity index (χ1v) is 9.35. The van der Waals surface area contributed by atoms with Crippen LogP contribution in [0, 0.1) is 0 Å². The van der Waals surface area contributed by atoms with E-state index in [1.165, 1.54) is 18.4 Å². The average molecular weight is 339 g/mol. The topological polar surface area (TPSA) is 60.9 Å². The molecule has 23 heavy (non-hydrogen) atoms. The number of amides is 1. The maximum Gasteiger partial charge on any atom is 0.224 e. The summed E-state index contributed by atoms with van der Waals surface area (Å²) in [5.74, 6) is -0.246. The van der Waals surface area contributed by atoms with Gasteiger partial charge in [0.15, 0.2) is 0 Å². The molecule has 0 bridgehead atoms. The Kier molecular flexibility index (Phi) is 5.78. The van der Waals surface area contributed by atoms with E-state index in [1.54, 1.807) is 0 Å². The summed E-state index contributed by atoms with van der Waals surface area (Å²) in [7, 11) is 1.66. The van der Waals surface area contributed by atoms with Gasteiger partial charge in [0.1, 0.15) is 0 Å². The lowest BCUT2D eigenvalue weighted by molar-refractivity contribution is -0.135. The molecule has 7 heteroatoms. The van der Waals surface area contributed by atoms with Gasteiger partial charge in [-0.05, 0) is 12.6 Å². The maximum atomic E-state index is 12.6. The third-order valence-electron chi connectivity index (χ3n) is 4.22. The third-order valence-corrected chi connectivity index (χ3v) is 6.05. The molecule has 1 amide bonds. The summed E-state index contributed by atoms with van der Waals surface area (Å²) >= 11 is 0. The quantitative estimate of drug-likeness (QED) is 0.795. The molecule has 1 fully saturated rings. The molecule has 1 saturated heterocycles. The van der Waals surface area contributed by atoms with Crippen LogP contribution in [0.3, 0.4) is 0 Å². The second-order valence-corrected chi connectivity index (χ2v) is 8.43. The Balaban J connectivity index is 2.10. The molecule has 0 aromatic heterocycles. The van der Waals surface area contributed by atoms with Crippen molar-refractivity contribution in [2.24, 2.45) is 0 Å². The molecule has 6 nitrogen and oxygen atoms in total. The van der Waals surface area contributed by atoms with Crippen molar-refractivity contribution in [3.63, 3.8) is 0 Å². The molecule has 2 rings (SSSR count). The monoisotopic (exact) mass is 339 g/mol. The Morgan fingerprint density at radius 3 is 2.48 bits per heavy atom. The normalized spacial score (nSPS) is 20.0. The molecule has 0 unspecified atom stereocenters. The van der Waals surface area contributed by atoms with Crippen LogP contribution in [0.4, 0.5) is 0 Å². The van der Waals surface area contributed by atoms with Gasteiger partial charge in [0.2, 0.25) is 15.9 Å². The predicted molar refractivity (Wildman–Crippen MR) is 90.5 cm³/mol. The third kappa shape index (κ3) is 4.53. The molecule has 1 aliphatic heterocycles. The second-order valence-electron chi connectivity index (χ2n) is 6.12. The average Bonchev–Trinajstić information content (AvgIpc) is 2.53. The van der Waals surface area contributed by atoms with E-state index in [1.807, 2.05) is 42.3 Å². The number of benzene rings is 1. The maximum absolute atomic E-state index is 12.6. The molecule has 128 valence electrons. The van der Waals surface area contributed by atoms with Crippen molar-refractivity contribution in [2.45, 2.75) is 12.5 Å². The molecule has 0 saturated carbocycles. The number of rotatable bonds is 5. The molecular weight excluding hydrogens is 314 g/mol. The van der Waals surface area contributed by atoms with Crippen LogP contribution in [0.5, 0.6) is 0 Å². The number of nitrogens with zero attached hydrogens (tertiary/aromatic N) is 3. The van der Waals surface area contributed by atoms with E-state index in [0.29, 0.717) is 6.54 Å². The first kappa shape index (κ1) is 17.9. The first-order chi connectivity index (χ1) is 10.8. The smallest absolute Gasteiger partial charge is 0.224 e. The number of carbonyl (C=O) groups is 1. The van der Waals surface area contributed by atoms with Crippen molar-refractivity contribution in [1.29, 1.82) is 0 Å². The van der Waals surface area contributed by atoms with Crippen LogP contribution in [0.15, 0.2) is 30.3 Å². The Morgan fingerprint density at radius 2 is 1.87 bits per heavy atom. The number of hydrogen-bond donors (Lipinski definition) is 0. The zero-order valence-corrected chi connectivity index (χ0v) is 14.8. The van der Waals surface area contributed by atoms with Crippen LogP contribution in [0.25, 0.3) is 0 Å². The van der Waals surface area contributed by atoms with Gasteiger partial charge >= 0.3 is 0 Å². The van der Waals surface area contributed by atoms with Gasteiger partial charge in [-0.2, -0.15) is 0 Å². The van der Waals surface area contributed by atoms with Crippen molar-refractivity contribution in [1.82, 2.24) is 14.1 Å². The Bertz CT molecular complexity index is 631. The SMILES string of the molecule is CN1CCN(C(=O)CCS(=O)(=O)N(C)C)[C@@H](c2ccccc2)C1. The lowest BCUT2D eigenvalue weighted by atomic mass is 10.0. The van der Waals surface area contributed by atoms with Crippen LogP contribution < -0.4 is 0 Å². The number of carbonyl (C=O) groups excluding carboxylic acids is 1. The van der Waals surface area contributed by atoms with Gasteiger partial charge < -0.3 is 9.80 Å². The van der Waals surface area contributed by atoms with E-state index < -0.39 is 10.0 Å². The molecule has 0 aliphatic carbocycles. The summed E-state index contributed by atoms with van der Waals surface area (Å²) < 4.78 is 24.9. The lowest BCUT2D eigenvalue weighted by Crippen LogP contribution is -2.49. The number of piperazine rings is 1. The van der Waals surface area contributed by atoms with Crippen LogP contribution in [0.2, 0.25) is 0 Å². The fraction of sp³-hybridized carbons (Fsp3) is 0.562. The lowest BCUT2D eigenvalue weighted by Gasteiger charge is -2.40. The summed E-state index contributed by atoms with van der Waals surface area (Å²) in [6.07, 6.45) is 0.0214. The van der Waals surface area contributed by atoms with Gasteiger partial charge in [0.25, 0.3) is 0 Å². The van der Waals surface area contributed by atoms with Crippen molar-refractivity contribution in [3.8, 4) is 0 Å². The van der Waals surface area contributed by atoms with E-state index >= 15 is 0 Å². The minimum Gasteiger partial charge on any atom is -0.333 e. The fourth-order valence-corrected chi connectivity index (χ4v) is 3.52. The zero-order chi connectivity index (χ0) is 17.0. The highest BCUT2D eigenvalue weighted by Gasteiger charge is 2.30. The molecule has 1 aromatic carbocycles. The molecule has 0 spiro atoms. The van der Waals surface area contributed by atoms with Gasteiger partial charge in [-0.25, -0.2) is 12.7 Å². The van der Waals surface area contributed by atoms with Crippen LogP contribution in [0.1, 0.15) is 18.0 Å². The van der Waals surface area contributed by atoms with E-state index in [-0.39, 0.29) is 24.1 Å². The molecular formula is C16H25N3O3S. The minimum atomic E-state index is -3.35. The zero-order valence-electron chi connectivity index (χ0n) is 14.0. The molecule has 1 heterocycles. The largest absolute Gasteiger partial charge is 0.333 e. The number of likely N-dealkylation sites (N-methyl/N-ethyl adjacent to an activating group) is 1. The van der Waals surface area contributed by atoms with E-state index in [9.17, 15) is 13.2 Å². The molecule has 0 N–H and O–H groups in total. The van der Waals surface area contributed by atoms with Crippen molar-refractivity contribution in [2.75, 3.05) is 46.5 Å². The molecule has 1 aromatic rings. The first-order valence-electron chi connectivity index (χ1n) is 7.74. The summed E-state index contributed by atoms with van der Waals surface area (Å²) in [6, 6.07) is 9.88. The standard InChI is InChI=1S/C16H25N3O3S/c1-17(2)23(21,22)12-9-16(20)19-11-10-18(3)13-15(19)14-7-5-4-6-8-14/h4-8,15H,9-13H2,1-3H3/t15-/m1/s1. The van der Waals surface area contributed by atoms with E-state index in [2.05, 4.69) is 4.90 Å². The minimum absolute atomic E-state index is 0.0214. The Hall–Kier alpha value is -1.44. The van der Waals surface area contributed by atoms with Crippen LogP contribution in [-0.4, -0.2) is 75.0 Å². The molecule has 1 aliphatic rings. The Labute approximate surface area is 138 Å². The summed E-state index contributed by atoms with van der Waals surface area (Å²) in [5, 5.41) is 0. The second kappa shape index (κ2) is 7.42. The number of hydrogen-bond acceptors (Lipinski definition) is 4. The van der Waals surface area contributed by atoms with Crippen molar-refractivity contribution >= 4 is 15.9 Å². The van der Waals surface area contributed by atoms with Crippen molar-refractivity contribution in [3.05, 3.63) is 35.9 Å². The van der Waals surface area contributed by atoms with E-state index in [4.69, 9.17) is 0 Å². The number of sulfonamides is 1. The van der Waals surface area contributed by atoms with Gasteiger partial charge in [0, 0.05) is 40.2 Å². The van der Waals surface area contributed by atoms with E-state index in [0.717, 1.165) is 18.7 Å². The summed E-state index contributed by atoms with van der Waals surface area (Å²) in [5.41, 5.74) is 1.09. The highest BCUT2D eigenvalue weighted by Crippen LogP contribution is 2.25. The predicted octanol–water partition coefficient (Wildman–Crippen LogP) is 0.783. The highest BCUT2D eigenvalue weighted by atomic mass is 32.2. The summed E-state index contributed by atoms with van der Waals surface area (Å²) in [4.78, 5) is 16.6. The van der Waals surface area contributed by atoms with Gasteiger partial charge in [-0.3, -0.25) is 4.79 Å².